The Bertz CT molecular complexity index is 320. The molecular formula is C13H18ClN. The second-order valence-electron chi connectivity index (χ2n) is 4.37. The fourth-order valence-electron chi connectivity index (χ4n) is 1.85. The maximum atomic E-state index is 5.99. The fourth-order valence-corrected chi connectivity index (χ4v) is 2.05. The molecule has 0 aromatic heterocycles. The van der Waals surface area contributed by atoms with Gasteiger partial charge >= 0.3 is 0 Å². The van der Waals surface area contributed by atoms with Crippen LogP contribution in [0.4, 0.5) is 0 Å². The molecule has 0 spiro atoms. The van der Waals surface area contributed by atoms with Gasteiger partial charge in [-0.2, -0.15) is 0 Å². The van der Waals surface area contributed by atoms with E-state index in [9.17, 15) is 0 Å². The average molecular weight is 224 g/mol. The van der Waals surface area contributed by atoms with Crippen LogP contribution in [-0.2, 0) is 0 Å². The maximum absolute atomic E-state index is 5.99. The molecule has 82 valence electrons. The molecule has 0 unspecified atom stereocenters. The van der Waals surface area contributed by atoms with Crippen molar-refractivity contribution in [1.82, 2.24) is 5.32 Å². The number of hydrogen-bond acceptors (Lipinski definition) is 1. The zero-order valence-corrected chi connectivity index (χ0v) is 9.93. The van der Waals surface area contributed by atoms with E-state index in [1.54, 1.807) is 0 Å². The Balaban J connectivity index is 1.97. The molecule has 1 N–H and O–H groups in total. The first-order valence-electron chi connectivity index (χ1n) is 5.78. The van der Waals surface area contributed by atoms with E-state index in [-0.39, 0.29) is 0 Å². The van der Waals surface area contributed by atoms with Crippen LogP contribution in [0, 0.1) is 5.92 Å². The molecule has 15 heavy (non-hydrogen) atoms. The van der Waals surface area contributed by atoms with E-state index in [0.717, 1.165) is 23.9 Å². The van der Waals surface area contributed by atoms with E-state index in [2.05, 4.69) is 24.4 Å². The highest BCUT2D eigenvalue weighted by atomic mass is 35.5. The third kappa shape index (κ3) is 3.22. The van der Waals surface area contributed by atoms with Crippen LogP contribution >= 0.6 is 11.6 Å². The highest BCUT2D eigenvalue weighted by molar-refractivity contribution is 6.30. The summed E-state index contributed by atoms with van der Waals surface area (Å²) in [5.74, 6) is 0.929. The Morgan fingerprint density at radius 1 is 1.47 bits per heavy atom. The van der Waals surface area contributed by atoms with Gasteiger partial charge in [-0.25, -0.2) is 0 Å². The molecule has 1 saturated carbocycles. The summed E-state index contributed by atoms with van der Waals surface area (Å²) >= 11 is 5.99. The molecule has 0 radical (unpaired) electrons. The van der Waals surface area contributed by atoms with E-state index in [0.29, 0.717) is 6.04 Å². The van der Waals surface area contributed by atoms with E-state index in [4.69, 9.17) is 11.6 Å². The topological polar surface area (TPSA) is 12.0 Å². The Kier molecular flexibility index (Phi) is 3.66. The summed E-state index contributed by atoms with van der Waals surface area (Å²) in [5, 5.41) is 4.45. The van der Waals surface area contributed by atoms with Crippen molar-refractivity contribution in [2.24, 2.45) is 5.92 Å². The SMILES string of the molecule is CC[C@H](NCC1CC1)c1cccc(Cl)c1. The summed E-state index contributed by atoms with van der Waals surface area (Å²) in [4.78, 5) is 0. The third-order valence-corrected chi connectivity index (χ3v) is 3.24. The largest absolute Gasteiger partial charge is 0.310 e. The van der Waals surface area contributed by atoms with Gasteiger partial charge in [-0.15, -0.1) is 0 Å². The average Bonchev–Trinajstić information content (AvgIpc) is 3.03. The van der Waals surface area contributed by atoms with Crippen LogP contribution in [0.5, 0.6) is 0 Å². The normalized spacial score (nSPS) is 17.7. The highest BCUT2D eigenvalue weighted by Crippen LogP contribution is 2.29. The first-order valence-corrected chi connectivity index (χ1v) is 6.16. The second-order valence-corrected chi connectivity index (χ2v) is 4.80. The molecular weight excluding hydrogens is 206 g/mol. The Morgan fingerprint density at radius 3 is 2.87 bits per heavy atom. The lowest BCUT2D eigenvalue weighted by atomic mass is 10.0. The number of hydrogen-bond donors (Lipinski definition) is 1. The number of rotatable bonds is 5. The number of benzene rings is 1. The van der Waals surface area contributed by atoms with Gasteiger partial charge in [0.2, 0.25) is 0 Å². The van der Waals surface area contributed by atoms with Crippen LogP contribution < -0.4 is 5.32 Å². The van der Waals surface area contributed by atoms with Crippen molar-refractivity contribution in [2.75, 3.05) is 6.54 Å². The van der Waals surface area contributed by atoms with Gasteiger partial charge in [-0.3, -0.25) is 0 Å². The quantitative estimate of drug-likeness (QED) is 0.801. The molecule has 1 aliphatic rings. The summed E-state index contributed by atoms with van der Waals surface area (Å²) in [6.45, 7) is 3.37. The summed E-state index contributed by atoms with van der Waals surface area (Å²) in [6, 6.07) is 8.64. The van der Waals surface area contributed by atoms with Crippen molar-refractivity contribution in [2.45, 2.75) is 32.2 Å². The van der Waals surface area contributed by atoms with Gasteiger partial charge in [0, 0.05) is 11.1 Å². The molecule has 0 saturated heterocycles. The standard InChI is InChI=1S/C13H18ClN/c1-2-13(15-9-10-6-7-10)11-4-3-5-12(14)8-11/h3-5,8,10,13,15H,2,6-7,9H2,1H3/t13-/m0/s1. The van der Waals surface area contributed by atoms with Crippen molar-refractivity contribution < 1.29 is 0 Å². The zero-order valence-electron chi connectivity index (χ0n) is 9.17. The maximum Gasteiger partial charge on any atom is 0.0409 e. The van der Waals surface area contributed by atoms with Crippen LogP contribution in [-0.4, -0.2) is 6.54 Å². The lowest BCUT2D eigenvalue weighted by molar-refractivity contribution is 0.502. The second kappa shape index (κ2) is 5.00. The van der Waals surface area contributed by atoms with E-state index < -0.39 is 0 Å². The number of nitrogens with one attached hydrogen (secondary N) is 1. The Morgan fingerprint density at radius 2 is 2.27 bits per heavy atom. The zero-order chi connectivity index (χ0) is 10.7. The van der Waals surface area contributed by atoms with Crippen LogP contribution in [0.25, 0.3) is 0 Å². The van der Waals surface area contributed by atoms with E-state index in [1.165, 1.54) is 18.4 Å². The van der Waals surface area contributed by atoms with Crippen LogP contribution in [0.1, 0.15) is 37.8 Å². The van der Waals surface area contributed by atoms with Crippen LogP contribution in [0.3, 0.4) is 0 Å². The first-order chi connectivity index (χ1) is 7.29. The van der Waals surface area contributed by atoms with Crippen molar-refractivity contribution in [1.29, 1.82) is 0 Å². The lowest BCUT2D eigenvalue weighted by Crippen LogP contribution is -2.22. The number of halogens is 1. The van der Waals surface area contributed by atoms with Gasteiger partial charge in [-0.05, 0) is 49.4 Å². The van der Waals surface area contributed by atoms with E-state index in [1.807, 2.05) is 12.1 Å². The molecule has 1 aliphatic carbocycles. The minimum absolute atomic E-state index is 0.462. The summed E-state index contributed by atoms with van der Waals surface area (Å²) in [5.41, 5.74) is 1.31. The van der Waals surface area contributed by atoms with Crippen molar-refractivity contribution in [3.8, 4) is 0 Å². The monoisotopic (exact) mass is 223 g/mol. The molecule has 1 nitrogen and oxygen atoms in total. The van der Waals surface area contributed by atoms with Gasteiger partial charge in [0.05, 0.1) is 0 Å². The van der Waals surface area contributed by atoms with Gasteiger partial charge < -0.3 is 5.32 Å². The molecule has 0 amide bonds. The molecule has 0 heterocycles. The molecule has 1 atom stereocenters. The molecule has 0 aliphatic heterocycles. The minimum Gasteiger partial charge on any atom is -0.310 e. The summed E-state index contributed by atoms with van der Waals surface area (Å²) in [6.07, 6.45) is 3.92. The first kappa shape index (κ1) is 11.0. The predicted octanol–water partition coefficient (Wildman–Crippen LogP) is 3.79. The van der Waals surface area contributed by atoms with E-state index >= 15 is 0 Å². The lowest BCUT2D eigenvalue weighted by Gasteiger charge is -2.17. The molecule has 1 aromatic carbocycles. The van der Waals surface area contributed by atoms with Gasteiger partial charge in [-0.1, -0.05) is 30.7 Å². The molecule has 2 rings (SSSR count). The molecule has 1 aromatic rings. The summed E-state index contributed by atoms with van der Waals surface area (Å²) < 4.78 is 0. The van der Waals surface area contributed by atoms with Gasteiger partial charge in [0.1, 0.15) is 0 Å². The van der Waals surface area contributed by atoms with Crippen molar-refractivity contribution >= 4 is 11.6 Å². The smallest absolute Gasteiger partial charge is 0.0409 e. The van der Waals surface area contributed by atoms with Crippen LogP contribution in [0.15, 0.2) is 24.3 Å². The molecule has 0 bridgehead atoms. The molecule has 2 heteroatoms. The van der Waals surface area contributed by atoms with Gasteiger partial charge in [0.15, 0.2) is 0 Å². The highest BCUT2D eigenvalue weighted by Gasteiger charge is 2.22. The van der Waals surface area contributed by atoms with Crippen LogP contribution in [0.2, 0.25) is 5.02 Å². The van der Waals surface area contributed by atoms with Crippen molar-refractivity contribution in [3.63, 3.8) is 0 Å². The molecule has 1 fully saturated rings. The Labute approximate surface area is 96.8 Å². The third-order valence-electron chi connectivity index (χ3n) is 3.01. The van der Waals surface area contributed by atoms with Gasteiger partial charge in [0.25, 0.3) is 0 Å². The van der Waals surface area contributed by atoms with Crippen molar-refractivity contribution in [3.05, 3.63) is 34.9 Å². The summed E-state index contributed by atoms with van der Waals surface area (Å²) in [7, 11) is 0. The Hall–Kier alpha value is -0.530. The fraction of sp³-hybridized carbons (Fsp3) is 0.538. The minimum atomic E-state index is 0.462. The predicted molar refractivity (Wildman–Crippen MR) is 65.2 cm³/mol.